The highest BCUT2D eigenvalue weighted by Gasteiger charge is 2.44. The fraction of sp³-hybridized carbons (Fsp3) is 0.538. The number of nitrogens with zero attached hydrogens (tertiary/aromatic N) is 1. The van der Waals surface area contributed by atoms with Crippen LogP contribution in [0, 0.1) is 12.3 Å². The molecule has 0 saturated heterocycles. The van der Waals surface area contributed by atoms with Gasteiger partial charge in [0.15, 0.2) is 0 Å². The first-order valence-electron chi connectivity index (χ1n) is 5.76. The molecule has 1 fully saturated rings. The number of esters is 1. The minimum absolute atomic E-state index is 0.0969. The number of aromatic nitrogens is 1. The Morgan fingerprint density at radius 1 is 1.59 bits per heavy atom. The summed E-state index contributed by atoms with van der Waals surface area (Å²) in [6.07, 6.45) is 4.63. The second-order valence-electron chi connectivity index (χ2n) is 4.71. The van der Waals surface area contributed by atoms with E-state index in [1.807, 2.05) is 12.3 Å². The highest BCUT2D eigenvalue weighted by molar-refractivity contribution is 7.99. The van der Waals surface area contributed by atoms with Gasteiger partial charge in [0, 0.05) is 11.9 Å². The van der Waals surface area contributed by atoms with Gasteiger partial charge in [0.25, 0.3) is 0 Å². The van der Waals surface area contributed by atoms with Gasteiger partial charge in [0.2, 0.25) is 0 Å². The Kier molecular flexibility index (Phi) is 3.72. The second-order valence-corrected chi connectivity index (χ2v) is 5.71. The van der Waals surface area contributed by atoms with Crippen LogP contribution in [0.25, 0.3) is 0 Å². The summed E-state index contributed by atoms with van der Waals surface area (Å²) in [7, 11) is 1.45. The van der Waals surface area contributed by atoms with Gasteiger partial charge in [-0.25, -0.2) is 4.98 Å². The Hall–Kier alpha value is -1.03. The van der Waals surface area contributed by atoms with Crippen molar-refractivity contribution in [2.75, 3.05) is 12.9 Å². The van der Waals surface area contributed by atoms with Crippen LogP contribution in [0.15, 0.2) is 23.4 Å². The Bertz CT molecular complexity index is 416. The first kappa shape index (κ1) is 12.4. The van der Waals surface area contributed by atoms with E-state index >= 15 is 0 Å². The van der Waals surface area contributed by atoms with Crippen molar-refractivity contribution in [2.45, 2.75) is 31.2 Å². The molecule has 92 valence electrons. The normalized spacial score (nSPS) is 16.6. The number of ether oxygens (including phenoxy) is 1. The summed E-state index contributed by atoms with van der Waals surface area (Å²) in [5.41, 5.74) is 1.39. The molecule has 1 aliphatic carbocycles. The first-order valence-corrected chi connectivity index (χ1v) is 6.74. The Morgan fingerprint density at radius 3 is 2.94 bits per heavy atom. The summed E-state index contributed by atoms with van der Waals surface area (Å²) >= 11 is 1.74. The zero-order valence-electron chi connectivity index (χ0n) is 10.2. The molecule has 0 atom stereocenters. The SMILES string of the molecule is COC(=O)CC1(CSc2cc(C)ccn2)CC1. The fourth-order valence-corrected chi connectivity index (χ4v) is 2.99. The minimum Gasteiger partial charge on any atom is -0.469 e. The summed E-state index contributed by atoms with van der Waals surface area (Å²) in [6, 6.07) is 4.07. The maximum atomic E-state index is 11.3. The van der Waals surface area contributed by atoms with Crippen molar-refractivity contribution in [2.24, 2.45) is 5.41 Å². The maximum Gasteiger partial charge on any atom is 0.306 e. The molecule has 0 aliphatic heterocycles. The van der Waals surface area contributed by atoms with Gasteiger partial charge >= 0.3 is 5.97 Å². The Morgan fingerprint density at radius 2 is 2.35 bits per heavy atom. The van der Waals surface area contributed by atoms with E-state index < -0.39 is 0 Å². The predicted octanol–water partition coefficient (Wildman–Crippen LogP) is 2.83. The van der Waals surface area contributed by atoms with Crippen molar-refractivity contribution in [3.63, 3.8) is 0 Å². The molecule has 4 heteroatoms. The molecule has 17 heavy (non-hydrogen) atoms. The monoisotopic (exact) mass is 251 g/mol. The molecule has 0 spiro atoms. The van der Waals surface area contributed by atoms with E-state index in [2.05, 4.69) is 18.0 Å². The number of thioether (sulfide) groups is 1. The first-order chi connectivity index (χ1) is 8.13. The van der Waals surface area contributed by atoms with E-state index in [0.29, 0.717) is 6.42 Å². The van der Waals surface area contributed by atoms with E-state index in [1.165, 1.54) is 12.7 Å². The van der Waals surface area contributed by atoms with Gasteiger partial charge in [-0.15, -0.1) is 11.8 Å². The molecule has 2 rings (SSSR count). The zero-order chi connectivity index (χ0) is 12.3. The van der Waals surface area contributed by atoms with Crippen molar-refractivity contribution in [1.82, 2.24) is 4.98 Å². The quantitative estimate of drug-likeness (QED) is 0.596. The molecule has 0 amide bonds. The van der Waals surface area contributed by atoms with Gasteiger partial charge in [-0.1, -0.05) is 0 Å². The molecule has 1 heterocycles. The molecule has 1 aliphatic rings. The smallest absolute Gasteiger partial charge is 0.306 e. The number of rotatable bonds is 5. The topological polar surface area (TPSA) is 39.2 Å². The Labute approximate surface area is 106 Å². The number of pyridine rings is 1. The predicted molar refractivity (Wildman–Crippen MR) is 68.0 cm³/mol. The Balaban J connectivity index is 1.88. The van der Waals surface area contributed by atoms with Gasteiger partial charge in [-0.05, 0) is 42.9 Å². The van der Waals surface area contributed by atoms with Crippen molar-refractivity contribution < 1.29 is 9.53 Å². The summed E-state index contributed by atoms with van der Waals surface area (Å²) in [6.45, 7) is 2.06. The third-order valence-electron chi connectivity index (χ3n) is 3.12. The van der Waals surface area contributed by atoms with Crippen molar-refractivity contribution in [1.29, 1.82) is 0 Å². The molecule has 0 aromatic carbocycles. The molecular weight excluding hydrogens is 234 g/mol. The lowest BCUT2D eigenvalue weighted by Gasteiger charge is -2.12. The average Bonchev–Trinajstić information content (AvgIpc) is 3.07. The van der Waals surface area contributed by atoms with Crippen LogP contribution in [0.5, 0.6) is 0 Å². The van der Waals surface area contributed by atoms with Gasteiger partial charge in [-0.3, -0.25) is 4.79 Å². The van der Waals surface area contributed by atoms with Crippen LogP contribution >= 0.6 is 11.8 Å². The zero-order valence-corrected chi connectivity index (χ0v) is 11.0. The average molecular weight is 251 g/mol. The lowest BCUT2D eigenvalue weighted by Crippen LogP contribution is -2.13. The van der Waals surface area contributed by atoms with E-state index in [-0.39, 0.29) is 11.4 Å². The summed E-state index contributed by atoms with van der Waals surface area (Å²) in [5.74, 6) is 0.860. The number of carbonyl (C=O) groups is 1. The van der Waals surface area contributed by atoms with Crippen LogP contribution in [0.1, 0.15) is 24.8 Å². The van der Waals surface area contributed by atoms with Gasteiger partial charge < -0.3 is 4.74 Å². The van der Waals surface area contributed by atoms with Crippen LogP contribution in [0.3, 0.4) is 0 Å². The maximum absolute atomic E-state index is 11.3. The molecule has 0 N–H and O–H groups in total. The van der Waals surface area contributed by atoms with Gasteiger partial charge in [-0.2, -0.15) is 0 Å². The second kappa shape index (κ2) is 5.08. The van der Waals surface area contributed by atoms with Crippen LogP contribution in [0.2, 0.25) is 0 Å². The summed E-state index contributed by atoms with van der Waals surface area (Å²) < 4.78 is 4.73. The van der Waals surface area contributed by atoms with Gasteiger partial charge in [0.1, 0.15) is 0 Å². The highest BCUT2D eigenvalue weighted by Crippen LogP contribution is 2.51. The third kappa shape index (κ3) is 3.46. The molecule has 0 unspecified atom stereocenters. The largest absolute Gasteiger partial charge is 0.469 e. The van der Waals surface area contributed by atoms with E-state index in [1.54, 1.807) is 11.8 Å². The number of hydrogen-bond donors (Lipinski definition) is 0. The number of methoxy groups -OCH3 is 1. The lowest BCUT2D eigenvalue weighted by atomic mass is 10.1. The molecule has 3 nitrogen and oxygen atoms in total. The molecule has 0 radical (unpaired) electrons. The minimum atomic E-state index is -0.0969. The van der Waals surface area contributed by atoms with E-state index in [9.17, 15) is 4.79 Å². The van der Waals surface area contributed by atoms with Crippen LogP contribution in [0.4, 0.5) is 0 Å². The van der Waals surface area contributed by atoms with Crippen LogP contribution < -0.4 is 0 Å². The van der Waals surface area contributed by atoms with Crippen molar-refractivity contribution >= 4 is 17.7 Å². The number of carbonyl (C=O) groups excluding carboxylic acids is 1. The molecule has 0 bridgehead atoms. The number of aryl methyl sites for hydroxylation is 1. The fourth-order valence-electron chi connectivity index (χ4n) is 1.74. The molecule has 1 saturated carbocycles. The van der Waals surface area contributed by atoms with Gasteiger partial charge in [0.05, 0.1) is 18.6 Å². The summed E-state index contributed by atoms with van der Waals surface area (Å²) in [4.78, 5) is 15.6. The van der Waals surface area contributed by atoms with E-state index in [4.69, 9.17) is 4.74 Å². The van der Waals surface area contributed by atoms with Crippen molar-refractivity contribution in [3.8, 4) is 0 Å². The highest BCUT2D eigenvalue weighted by atomic mass is 32.2. The lowest BCUT2D eigenvalue weighted by molar-refractivity contribution is -0.141. The standard InChI is InChI=1S/C13H17NO2S/c1-10-3-6-14-11(7-10)17-9-13(4-5-13)8-12(15)16-2/h3,6-7H,4-5,8-9H2,1-2H3. The van der Waals surface area contributed by atoms with Crippen LogP contribution in [-0.4, -0.2) is 23.8 Å². The van der Waals surface area contributed by atoms with Crippen LogP contribution in [-0.2, 0) is 9.53 Å². The summed E-state index contributed by atoms with van der Waals surface area (Å²) in [5, 5.41) is 1.04. The van der Waals surface area contributed by atoms with E-state index in [0.717, 1.165) is 23.6 Å². The third-order valence-corrected chi connectivity index (χ3v) is 4.40. The number of hydrogen-bond acceptors (Lipinski definition) is 4. The molecule has 1 aromatic heterocycles. The molecular formula is C13H17NO2S. The van der Waals surface area contributed by atoms with Crippen molar-refractivity contribution in [3.05, 3.63) is 23.9 Å². The molecule has 1 aromatic rings.